The summed E-state index contributed by atoms with van der Waals surface area (Å²) in [6, 6.07) is 0. The van der Waals surface area contributed by atoms with Crippen LogP contribution in [0.15, 0.2) is 11.1 Å². The highest BCUT2D eigenvalue weighted by Gasteiger charge is 2.43. The van der Waals surface area contributed by atoms with Crippen molar-refractivity contribution in [2.75, 3.05) is 0 Å². The van der Waals surface area contributed by atoms with Crippen LogP contribution in [0.1, 0.15) is 123 Å². The molecule has 2 unspecified atom stereocenters. The van der Waals surface area contributed by atoms with Crippen molar-refractivity contribution in [1.29, 1.82) is 0 Å². The first kappa shape index (κ1) is 20.0. The van der Waals surface area contributed by atoms with Crippen molar-refractivity contribution in [2.24, 2.45) is 35.5 Å². The summed E-state index contributed by atoms with van der Waals surface area (Å²) in [6.07, 6.45) is 25.8. The Labute approximate surface area is 170 Å². The van der Waals surface area contributed by atoms with Crippen LogP contribution in [0, 0.1) is 35.5 Å². The summed E-state index contributed by atoms with van der Waals surface area (Å²) < 4.78 is 0. The Morgan fingerprint density at radius 2 is 1.30 bits per heavy atom. The van der Waals surface area contributed by atoms with Crippen LogP contribution in [0.5, 0.6) is 0 Å². The van der Waals surface area contributed by atoms with Gasteiger partial charge in [-0.15, -0.1) is 0 Å². The largest absolute Gasteiger partial charge is 0.0735 e. The van der Waals surface area contributed by atoms with Crippen LogP contribution in [0.3, 0.4) is 0 Å². The molecular formula is C27H46. The predicted molar refractivity (Wildman–Crippen MR) is 118 cm³/mol. The molecule has 0 aromatic rings. The molecule has 2 atom stereocenters. The SMILES string of the molecule is CCC1CCC(C2C(CC3CCCCC3)=C(C)CC2C2CCCCC2)CC1. The van der Waals surface area contributed by atoms with Crippen LogP contribution < -0.4 is 0 Å². The van der Waals surface area contributed by atoms with Crippen LogP contribution in [-0.4, -0.2) is 0 Å². The van der Waals surface area contributed by atoms with Crippen molar-refractivity contribution in [1.82, 2.24) is 0 Å². The van der Waals surface area contributed by atoms with Crippen molar-refractivity contribution in [3.05, 3.63) is 11.1 Å². The van der Waals surface area contributed by atoms with E-state index in [4.69, 9.17) is 0 Å². The molecular weight excluding hydrogens is 324 g/mol. The molecule has 0 radical (unpaired) electrons. The van der Waals surface area contributed by atoms with Gasteiger partial charge in [-0.25, -0.2) is 0 Å². The first-order valence-electron chi connectivity index (χ1n) is 12.9. The van der Waals surface area contributed by atoms with Crippen molar-refractivity contribution in [2.45, 2.75) is 123 Å². The fraction of sp³-hybridized carbons (Fsp3) is 0.926. The molecule has 0 aromatic heterocycles. The Bertz CT molecular complexity index is 480. The van der Waals surface area contributed by atoms with E-state index in [9.17, 15) is 0 Å². The molecule has 154 valence electrons. The molecule has 0 N–H and O–H groups in total. The first-order valence-corrected chi connectivity index (χ1v) is 12.9. The highest BCUT2D eigenvalue weighted by molar-refractivity contribution is 5.26. The van der Waals surface area contributed by atoms with E-state index in [1.54, 1.807) is 25.7 Å². The van der Waals surface area contributed by atoms with Crippen LogP contribution >= 0.6 is 0 Å². The van der Waals surface area contributed by atoms with E-state index in [1.165, 1.54) is 83.5 Å². The van der Waals surface area contributed by atoms with Crippen molar-refractivity contribution in [3.63, 3.8) is 0 Å². The molecule has 4 aliphatic carbocycles. The zero-order chi connectivity index (χ0) is 18.6. The standard InChI is InChI=1S/C27H46/c1-3-21-14-16-24(17-15-21)27-25(19-22-10-6-4-7-11-22)20(2)18-26(27)23-12-8-5-9-13-23/h21-24,26-27H,3-19H2,1-2H3. The second-order valence-electron chi connectivity index (χ2n) is 11.0. The third-order valence-electron chi connectivity index (χ3n) is 9.42. The van der Waals surface area contributed by atoms with Crippen molar-refractivity contribution in [3.8, 4) is 0 Å². The molecule has 0 heteroatoms. The van der Waals surface area contributed by atoms with Crippen LogP contribution in [0.25, 0.3) is 0 Å². The van der Waals surface area contributed by atoms with E-state index < -0.39 is 0 Å². The van der Waals surface area contributed by atoms with Gasteiger partial charge in [0.15, 0.2) is 0 Å². The molecule has 0 aromatic carbocycles. The Kier molecular flexibility index (Phi) is 7.04. The van der Waals surface area contributed by atoms with E-state index in [0.717, 1.165) is 35.5 Å². The van der Waals surface area contributed by atoms with Gasteiger partial charge in [-0.2, -0.15) is 0 Å². The predicted octanol–water partition coefficient (Wildman–Crippen LogP) is 8.71. The molecule has 0 aliphatic heterocycles. The van der Waals surface area contributed by atoms with Crippen molar-refractivity contribution < 1.29 is 0 Å². The minimum Gasteiger partial charge on any atom is -0.0735 e. The van der Waals surface area contributed by atoms with Crippen LogP contribution in [0.4, 0.5) is 0 Å². The van der Waals surface area contributed by atoms with Crippen LogP contribution in [0.2, 0.25) is 0 Å². The van der Waals surface area contributed by atoms with Gasteiger partial charge >= 0.3 is 0 Å². The number of allylic oxidation sites excluding steroid dienone is 2. The zero-order valence-corrected chi connectivity index (χ0v) is 18.5. The van der Waals surface area contributed by atoms with Crippen molar-refractivity contribution >= 4 is 0 Å². The molecule has 4 rings (SSSR count). The van der Waals surface area contributed by atoms with Gasteiger partial charge in [-0.05, 0) is 68.1 Å². The Morgan fingerprint density at radius 3 is 1.93 bits per heavy atom. The van der Waals surface area contributed by atoms with Gasteiger partial charge in [0.2, 0.25) is 0 Å². The number of rotatable bonds is 5. The molecule has 0 nitrogen and oxygen atoms in total. The molecule has 0 saturated heterocycles. The monoisotopic (exact) mass is 370 g/mol. The van der Waals surface area contributed by atoms with Gasteiger partial charge in [-0.1, -0.05) is 102 Å². The minimum atomic E-state index is 0.993. The summed E-state index contributed by atoms with van der Waals surface area (Å²) in [4.78, 5) is 0. The molecule has 0 heterocycles. The molecule has 0 amide bonds. The topological polar surface area (TPSA) is 0 Å². The summed E-state index contributed by atoms with van der Waals surface area (Å²) >= 11 is 0. The Morgan fingerprint density at radius 1 is 0.667 bits per heavy atom. The highest BCUT2D eigenvalue weighted by atomic mass is 14.5. The fourth-order valence-electron chi connectivity index (χ4n) is 7.78. The Balaban J connectivity index is 1.50. The summed E-state index contributed by atoms with van der Waals surface area (Å²) in [5.74, 6) is 6.20. The Hall–Kier alpha value is -0.260. The van der Waals surface area contributed by atoms with Gasteiger partial charge in [0.25, 0.3) is 0 Å². The lowest BCUT2D eigenvalue weighted by Gasteiger charge is -2.41. The average molecular weight is 371 g/mol. The van der Waals surface area contributed by atoms with Gasteiger partial charge in [0.1, 0.15) is 0 Å². The second-order valence-corrected chi connectivity index (χ2v) is 11.0. The maximum absolute atomic E-state index is 2.55. The molecule has 27 heavy (non-hydrogen) atoms. The van der Waals surface area contributed by atoms with Gasteiger partial charge in [0, 0.05) is 0 Å². The van der Waals surface area contributed by atoms with E-state index >= 15 is 0 Å². The summed E-state index contributed by atoms with van der Waals surface area (Å²) in [7, 11) is 0. The number of hydrogen-bond acceptors (Lipinski definition) is 0. The normalized spacial score (nSPS) is 37.1. The van der Waals surface area contributed by atoms with E-state index in [1.807, 2.05) is 11.1 Å². The third-order valence-corrected chi connectivity index (χ3v) is 9.42. The summed E-state index contributed by atoms with van der Waals surface area (Å²) in [6.45, 7) is 4.97. The van der Waals surface area contributed by atoms with E-state index in [0.29, 0.717) is 0 Å². The second kappa shape index (κ2) is 9.49. The highest BCUT2D eigenvalue weighted by Crippen LogP contribution is 2.54. The third kappa shape index (κ3) is 4.67. The number of hydrogen-bond donors (Lipinski definition) is 0. The van der Waals surface area contributed by atoms with Crippen LogP contribution in [-0.2, 0) is 0 Å². The maximum Gasteiger partial charge on any atom is -0.0138 e. The van der Waals surface area contributed by atoms with Gasteiger partial charge in [-0.3, -0.25) is 0 Å². The van der Waals surface area contributed by atoms with Gasteiger partial charge in [0.05, 0.1) is 0 Å². The maximum atomic E-state index is 2.55. The zero-order valence-electron chi connectivity index (χ0n) is 18.5. The molecule has 3 saturated carbocycles. The lowest BCUT2D eigenvalue weighted by molar-refractivity contribution is 0.125. The molecule has 3 fully saturated rings. The molecule has 0 spiro atoms. The molecule has 4 aliphatic rings. The van der Waals surface area contributed by atoms with E-state index in [2.05, 4.69) is 13.8 Å². The van der Waals surface area contributed by atoms with Gasteiger partial charge < -0.3 is 0 Å². The summed E-state index contributed by atoms with van der Waals surface area (Å²) in [5.41, 5.74) is 3.87. The average Bonchev–Trinajstić information content (AvgIpc) is 3.06. The fourth-order valence-corrected chi connectivity index (χ4v) is 7.78. The van der Waals surface area contributed by atoms with E-state index in [-0.39, 0.29) is 0 Å². The first-order chi connectivity index (χ1) is 13.3. The molecule has 0 bridgehead atoms. The summed E-state index contributed by atoms with van der Waals surface area (Å²) in [5, 5.41) is 0. The lowest BCUT2D eigenvalue weighted by atomic mass is 9.64. The smallest absolute Gasteiger partial charge is 0.0138 e. The minimum absolute atomic E-state index is 0.993. The quantitative estimate of drug-likeness (QED) is 0.424. The lowest BCUT2D eigenvalue weighted by Crippen LogP contribution is -2.31.